The van der Waals surface area contributed by atoms with Gasteiger partial charge < -0.3 is 4.90 Å². The zero-order chi connectivity index (χ0) is 13.9. The van der Waals surface area contributed by atoms with Crippen molar-refractivity contribution in [3.8, 4) is 11.3 Å². The van der Waals surface area contributed by atoms with Crippen molar-refractivity contribution >= 4 is 40.8 Å². The fourth-order valence-electron chi connectivity index (χ4n) is 2.13. The smallest absolute Gasteiger partial charge is 0.151 e. The van der Waals surface area contributed by atoms with Crippen LogP contribution in [0.1, 0.15) is 0 Å². The van der Waals surface area contributed by atoms with Crippen molar-refractivity contribution in [2.24, 2.45) is 0 Å². The molecule has 1 aromatic carbocycles. The van der Waals surface area contributed by atoms with Crippen molar-refractivity contribution in [2.45, 2.75) is 0 Å². The van der Waals surface area contributed by atoms with E-state index < -0.39 is 0 Å². The van der Waals surface area contributed by atoms with Gasteiger partial charge in [0.25, 0.3) is 0 Å². The Morgan fingerprint density at radius 3 is 2.45 bits per heavy atom. The summed E-state index contributed by atoms with van der Waals surface area (Å²) in [6.07, 6.45) is 0. The maximum atomic E-state index is 6.19. The summed E-state index contributed by atoms with van der Waals surface area (Å²) in [7, 11) is 0. The van der Waals surface area contributed by atoms with Gasteiger partial charge in [-0.1, -0.05) is 23.2 Å². The number of benzene rings is 1. The molecule has 104 valence electrons. The summed E-state index contributed by atoms with van der Waals surface area (Å²) in [5, 5.41) is 9.82. The predicted octanol–water partition coefficient (Wildman–Crippen LogP) is 4.00. The van der Waals surface area contributed by atoms with E-state index in [-0.39, 0.29) is 0 Å². The molecule has 1 aromatic heterocycles. The van der Waals surface area contributed by atoms with Crippen molar-refractivity contribution in [1.82, 2.24) is 10.2 Å². The molecule has 0 aliphatic carbocycles. The van der Waals surface area contributed by atoms with Gasteiger partial charge in [0.15, 0.2) is 5.82 Å². The molecule has 3 nitrogen and oxygen atoms in total. The first-order chi connectivity index (χ1) is 9.74. The highest BCUT2D eigenvalue weighted by Gasteiger charge is 2.13. The third-order valence-electron chi connectivity index (χ3n) is 3.19. The monoisotopic (exact) mass is 325 g/mol. The van der Waals surface area contributed by atoms with Crippen LogP contribution in [0.15, 0.2) is 30.3 Å². The van der Waals surface area contributed by atoms with Crippen LogP contribution in [0.4, 0.5) is 5.82 Å². The molecule has 2 aromatic rings. The lowest BCUT2D eigenvalue weighted by Crippen LogP contribution is -2.33. The number of rotatable bonds is 2. The second-order valence-electron chi connectivity index (χ2n) is 4.50. The molecule has 0 unspecified atom stereocenters. The van der Waals surface area contributed by atoms with Gasteiger partial charge in [0.1, 0.15) is 0 Å². The molecule has 3 rings (SSSR count). The minimum Gasteiger partial charge on any atom is -0.353 e. The van der Waals surface area contributed by atoms with Crippen molar-refractivity contribution < 1.29 is 0 Å². The highest BCUT2D eigenvalue weighted by atomic mass is 35.5. The Hall–Kier alpha value is -0.970. The third kappa shape index (κ3) is 3.03. The fourth-order valence-corrected chi connectivity index (χ4v) is 3.54. The highest BCUT2D eigenvalue weighted by Crippen LogP contribution is 2.29. The molecule has 0 radical (unpaired) electrons. The molecule has 20 heavy (non-hydrogen) atoms. The lowest BCUT2D eigenvalue weighted by Gasteiger charge is -2.26. The average Bonchev–Trinajstić information content (AvgIpc) is 2.48. The number of halogens is 2. The summed E-state index contributed by atoms with van der Waals surface area (Å²) in [5.74, 6) is 3.22. The van der Waals surface area contributed by atoms with Crippen LogP contribution in [0, 0.1) is 0 Å². The van der Waals surface area contributed by atoms with Crippen molar-refractivity contribution in [3.63, 3.8) is 0 Å². The van der Waals surface area contributed by atoms with E-state index in [1.165, 1.54) is 0 Å². The van der Waals surface area contributed by atoms with E-state index in [9.17, 15) is 0 Å². The van der Waals surface area contributed by atoms with E-state index in [0.717, 1.165) is 41.7 Å². The van der Waals surface area contributed by atoms with Gasteiger partial charge in [-0.3, -0.25) is 0 Å². The molecular weight excluding hydrogens is 313 g/mol. The molecule has 0 atom stereocenters. The van der Waals surface area contributed by atoms with E-state index in [1.807, 2.05) is 30.0 Å². The number of nitrogens with zero attached hydrogens (tertiary/aromatic N) is 3. The molecule has 1 saturated heterocycles. The van der Waals surface area contributed by atoms with Gasteiger partial charge in [0.05, 0.1) is 10.7 Å². The summed E-state index contributed by atoms with van der Waals surface area (Å²) < 4.78 is 0. The molecular formula is C14H13Cl2N3S. The second-order valence-corrected chi connectivity index (χ2v) is 6.57. The molecule has 1 aliphatic rings. The summed E-state index contributed by atoms with van der Waals surface area (Å²) in [6, 6.07) is 9.35. The van der Waals surface area contributed by atoms with Gasteiger partial charge in [-0.25, -0.2) is 0 Å². The third-order valence-corrected chi connectivity index (χ3v) is 4.68. The van der Waals surface area contributed by atoms with E-state index >= 15 is 0 Å². The van der Waals surface area contributed by atoms with Crippen molar-refractivity contribution in [2.75, 3.05) is 29.5 Å². The van der Waals surface area contributed by atoms with Crippen LogP contribution in [-0.2, 0) is 0 Å². The number of thioether (sulfide) groups is 1. The van der Waals surface area contributed by atoms with Crippen LogP contribution < -0.4 is 4.90 Å². The van der Waals surface area contributed by atoms with Gasteiger partial charge in [-0.2, -0.15) is 11.8 Å². The van der Waals surface area contributed by atoms with Gasteiger partial charge in [-0.15, -0.1) is 10.2 Å². The Kier molecular flexibility index (Phi) is 4.34. The van der Waals surface area contributed by atoms with E-state index in [0.29, 0.717) is 10.0 Å². The topological polar surface area (TPSA) is 29.0 Å². The first-order valence-corrected chi connectivity index (χ1v) is 8.27. The van der Waals surface area contributed by atoms with Crippen LogP contribution in [0.2, 0.25) is 10.0 Å². The first-order valence-electron chi connectivity index (χ1n) is 6.36. The predicted molar refractivity (Wildman–Crippen MR) is 87.0 cm³/mol. The minimum absolute atomic E-state index is 0.592. The molecule has 0 N–H and O–H groups in total. The molecule has 2 heterocycles. The van der Waals surface area contributed by atoms with Gasteiger partial charge in [0.2, 0.25) is 0 Å². The minimum atomic E-state index is 0.592. The van der Waals surface area contributed by atoms with Crippen LogP contribution in [0.3, 0.4) is 0 Å². The lowest BCUT2D eigenvalue weighted by molar-refractivity contribution is 0.820. The molecule has 6 heteroatoms. The molecule has 0 saturated carbocycles. The summed E-state index contributed by atoms with van der Waals surface area (Å²) in [5.41, 5.74) is 1.62. The van der Waals surface area contributed by atoms with E-state index in [1.54, 1.807) is 12.1 Å². The Labute approximate surface area is 132 Å². The molecule has 1 aliphatic heterocycles. The second kappa shape index (κ2) is 6.20. The summed E-state index contributed by atoms with van der Waals surface area (Å²) in [4.78, 5) is 2.26. The van der Waals surface area contributed by atoms with Gasteiger partial charge in [0, 0.05) is 35.2 Å². The molecule has 0 spiro atoms. The van der Waals surface area contributed by atoms with Crippen LogP contribution in [0.25, 0.3) is 11.3 Å². The standard InChI is InChI=1S/C14H13Cl2N3S/c15-10-1-2-11(12(16)9-10)13-3-4-14(18-17-13)19-5-7-20-8-6-19/h1-4,9H,5-8H2. The Morgan fingerprint density at radius 2 is 1.80 bits per heavy atom. The first kappa shape index (κ1) is 14.0. The SMILES string of the molecule is Clc1ccc(-c2ccc(N3CCSCC3)nn2)c(Cl)c1. The Bertz CT molecular complexity index is 598. The maximum Gasteiger partial charge on any atom is 0.151 e. The van der Waals surface area contributed by atoms with Gasteiger partial charge >= 0.3 is 0 Å². The quantitative estimate of drug-likeness (QED) is 0.834. The normalized spacial score (nSPS) is 15.4. The summed E-state index contributed by atoms with van der Waals surface area (Å²) in [6.45, 7) is 2.06. The van der Waals surface area contributed by atoms with Crippen LogP contribution in [0.5, 0.6) is 0 Å². The van der Waals surface area contributed by atoms with Gasteiger partial charge in [-0.05, 0) is 30.3 Å². The fraction of sp³-hybridized carbons (Fsp3) is 0.286. The zero-order valence-electron chi connectivity index (χ0n) is 10.7. The molecule has 0 bridgehead atoms. The summed E-state index contributed by atoms with van der Waals surface area (Å²) >= 11 is 14.1. The zero-order valence-corrected chi connectivity index (χ0v) is 13.0. The maximum absolute atomic E-state index is 6.19. The Morgan fingerprint density at radius 1 is 1.00 bits per heavy atom. The molecule has 0 amide bonds. The number of hydrogen-bond acceptors (Lipinski definition) is 4. The highest BCUT2D eigenvalue weighted by molar-refractivity contribution is 7.99. The average molecular weight is 326 g/mol. The van der Waals surface area contributed by atoms with E-state index in [2.05, 4.69) is 15.1 Å². The number of hydrogen-bond donors (Lipinski definition) is 0. The van der Waals surface area contributed by atoms with Crippen LogP contribution >= 0.6 is 35.0 Å². The van der Waals surface area contributed by atoms with Crippen molar-refractivity contribution in [1.29, 1.82) is 0 Å². The van der Waals surface area contributed by atoms with Crippen molar-refractivity contribution in [3.05, 3.63) is 40.4 Å². The number of anilines is 1. The lowest BCUT2D eigenvalue weighted by atomic mass is 10.1. The number of aromatic nitrogens is 2. The van der Waals surface area contributed by atoms with Crippen LogP contribution in [-0.4, -0.2) is 34.8 Å². The Balaban J connectivity index is 1.85. The largest absolute Gasteiger partial charge is 0.353 e. The molecule has 1 fully saturated rings. The van der Waals surface area contributed by atoms with E-state index in [4.69, 9.17) is 23.2 Å².